The average Bonchev–Trinajstić information content (AvgIpc) is 2.94. The fraction of sp³-hybridized carbons (Fsp3) is 0.200. The maximum Gasteiger partial charge on any atom is 0.240 e. The Hall–Kier alpha value is -2.01. The van der Waals surface area contributed by atoms with Gasteiger partial charge in [-0.1, -0.05) is 17.7 Å². The van der Waals surface area contributed by atoms with Gasteiger partial charge >= 0.3 is 0 Å². The minimum Gasteiger partial charge on any atom is -0.463 e. The number of benzene rings is 1. The third kappa shape index (κ3) is 4.93. The molecule has 0 atom stereocenters. The molecule has 0 aliphatic rings. The Balaban J connectivity index is 1.66. The molecule has 1 aromatic heterocycles. The van der Waals surface area contributed by atoms with Gasteiger partial charge < -0.3 is 4.42 Å². The number of hydrogen-bond acceptors (Lipinski definition) is 4. The Morgan fingerprint density at radius 2 is 2.15 bits per heavy atom. The number of hydrogen-bond donors (Lipinski definition) is 1. The molecule has 1 aromatic carbocycles. The van der Waals surface area contributed by atoms with E-state index in [0.717, 1.165) is 5.75 Å². The van der Waals surface area contributed by atoms with E-state index in [0.29, 0.717) is 12.2 Å². The molecule has 0 radical (unpaired) electrons. The van der Waals surface area contributed by atoms with Gasteiger partial charge in [0.15, 0.2) is 0 Å². The summed E-state index contributed by atoms with van der Waals surface area (Å²) in [5.41, 5.74) is 3.71. The quantitative estimate of drug-likeness (QED) is 0.504. The van der Waals surface area contributed by atoms with Crippen molar-refractivity contribution >= 4 is 23.9 Å². The van der Waals surface area contributed by atoms with Crippen molar-refractivity contribution in [2.75, 3.05) is 5.75 Å². The molecule has 0 saturated carbocycles. The van der Waals surface area contributed by atoms with E-state index < -0.39 is 0 Å². The topological polar surface area (TPSA) is 54.6 Å². The third-order valence-electron chi connectivity index (χ3n) is 2.54. The van der Waals surface area contributed by atoms with E-state index in [1.54, 1.807) is 30.2 Å². The number of hydrazone groups is 1. The molecule has 5 heteroatoms. The number of thioether (sulfide) groups is 1. The number of carbonyl (C=O) groups is 1. The second-order valence-corrected chi connectivity index (χ2v) is 5.39. The standard InChI is InChI=1S/C15H16N2O2S/c1-12-4-6-14(7-5-12)20-10-8-15(18)17-16-11-13-3-2-9-19-13/h2-7,9,11H,8,10H2,1H3,(H,17,18)/b16-11-. The number of furan rings is 1. The zero-order chi connectivity index (χ0) is 14.2. The summed E-state index contributed by atoms with van der Waals surface area (Å²) in [4.78, 5) is 12.7. The number of rotatable bonds is 6. The molecule has 0 aliphatic heterocycles. The molecule has 2 rings (SSSR count). The molecule has 0 bridgehead atoms. The molecule has 20 heavy (non-hydrogen) atoms. The van der Waals surface area contributed by atoms with Crippen molar-refractivity contribution < 1.29 is 9.21 Å². The van der Waals surface area contributed by atoms with Gasteiger partial charge in [-0.15, -0.1) is 11.8 Å². The second-order valence-electron chi connectivity index (χ2n) is 4.22. The van der Waals surface area contributed by atoms with E-state index in [1.165, 1.54) is 16.7 Å². The molecule has 0 fully saturated rings. The fourth-order valence-electron chi connectivity index (χ4n) is 1.48. The summed E-state index contributed by atoms with van der Waals surface area (Å²) in [5, 5.41) is 3.82. The zero-order valence-electron chi connectivity index (χ0n) is 11.2. The lowest BCUT2D eigenvalue weighted by molar-refractivity contribution is -0.120. The summed E-state index contributed by atoms with van der Waals surface area (Å²) in [6, 6.07) is 11.8. The van der Waals surface area contributed by atoms with Crippen LogP contribution >= 0.6 is 11.8 Å². The molecule has 2 aromatic rings. The first-order chi connectivity index (χ1) is 9.74. The Morgan fingerprint density at radius 3 is 2.85 bits per heavy atom. The van der Waals surface area contributed by atoms with Crippen molar-refractivity contribution in [3.63, 3.8) is 0 Å². The molecule has 0 saturated heterocycles. The highest BCUT2D eigenvalue weighted by Gasteiger charge is 2.00. The van der Waals surface area contributed by atoms with Crippen LogP contribution in [-0.2, 0) is 4.79 Å². The molecule has 0 spiro atoms. The molecule has 0 unspecified atom stereocenters. The first kappa shape index (κ1) is 14.4. The van der Waals surface area contributed by atoms with Gasteiger partial charge in [-0.2, -0.15) is 5.10 Å². The van der Waals surface area contributed by atoms with Crippen molar-refractivity contribution in [1.29, 1.82) is 0 Å². The number of aryl methyl sites for hydroxylation is 1. The summed E-state index contributed by atoms with van der Waals surface area (Å²) in [7, 11) is 0. The molecule has 104 valence electrons. The lowest BCUT2D eigenvalue weighted by Gasteiger charge is -2.01. The van der Waals surface area contributed by atoms with Crippen LogP contribution in [0.4, 0.5) is 0 Å². The summed E-state index contributed by atoms with van der Waals surface area (Å²) < 4.78 is 5.06. The Morgan fingerprint density at radius 1 is 1.35 bits per heavy atom. The Kier molecular flexibility index (Phi) is 5.43. The van der Waals surface area contributed by atoms with E-state index in [4.69, 9.17) is 4.42 Å². The number of nitrogens with one attached hydrogen (secondary N) is 1. The second kappa shape index (κ2) is 7.55. The summed E-state index contributed by atoms with van der Waals surface area (Å²) in [6.45, 7) is 2.05. The van der Waals surface area contributed by atoms with Crippen LogP contribution in [-0.4, -0.2) is 17.9 Å². The first-order valence-corrected chi connectivity index (χ1v) is 7.27. The molecule has 1 amide bonds. The molecular formula is C15H16N2O2S. The SMILES string of the molecule is Cc1ccc(SCCC(=O)N/N=C\c2ccco2)cc1. The Labute approximate surface area is 122 Å². The number of nitrogens with zero attached hydrogens (tertiary/aromatic N) is 1. The monoisotopic (exact) mass is 288 g/mol. The van der Waals surface area contributed by atoms with Gasteiger partial charge in [-0.05, 0) is 31.2 Å². The van der Waals surface area contributed by atoms with E-state index in [1.807, 2.05) is 0 Å². The smallest absolute Gasteiger partial charge is 0.240 e. The van der Waals surface area contributed by atoms with E-state index in [-0.39, 0.29) is 5.91 Å². The van der Waals surface area contributed by atoms with Crippen LogP contribution in [0.15, 0.2) is 57.1 Å². The first-order valence-electron chi connectivity index (χ1n) is 6.29. The lowest BCUT2D eigenvalue weighted by Crippen LogP contribution is -2.17. The number of amides is 1. The predicted octanol–water partition coefficient (Wildman–Crippen LogP) is 3.22. The van der Waals surface area contributed by atoms with Crippen LogP contribution in [0.2, 0.25) is 0 Å². The van der Waals surface area contributed by atoms with Gasteiger partial charge in [0.1, 0.15) is 5.76 Å². The molecule has 1 heterocycles. The highest BCUT2D eigenvalue weighted by atomic mass is 32.2. The predicted molar refractivity (Wildman–Crippen MR) is 81.0 cm³/mol. The highest BCUT2D eigenvalue weighted by molar-refractivity contribution is 7.99. The maximum absolute atomic E-state index is 11.5. The van der Waals surface area contributed by atoms with Crippen LogP contribution in [0.3, 0.4) is 0 Å². The summed E-state index contributed by atoms with van der Waals surface area (Å²) >= 11 is 1.66. The lowest BCUT2D eigenvalue weighted by atomic mass is 10.2. The maximum atomic E-state index is 11.5. The van der Waals surface area contributed by atoms with Crippen LogP contribution < -0.4 is 5.43 Å². The van der Waals surface area contributed by atoms with Gasteiger partial charge in [-0.3, -0.25) is 4.79 Å². The normalized spacial score (nSPS) is 10.8. The molecule has 0 aliphatic carbocycles. The van der Waals surface area contributed by atoms with Gasteiger partial charge in [0.05, 0.1) is 12.5 Å². The van der Waals surface area contributed by atoms with Crippen molar-refractivity contribution in [2.24, 2.45) is 5.10 Å². The van der Waals surface area contributed by atoms with Crippen molar-refractivity contribution in [3.8, 4) is 0 Å². The van der Waals surface area contributed by atoms with E-state index in [9.17, 15) is 4.79 Å². The van der Waals surface area contributed by atoms with Crippen LogP contribution in [0.25, 0.3) is 0 Å². The van der Waals surface area contributed by atoms with E-state index >= 15 is 0 Å². The van der Waals surface area contributed by atoms with Gasteiger partial charge in [-0.25, -0.2) is 5.43 Å². The van der Waals surface area contributed by atoms with E-state index in [2.05, 4.69) is 41.7 Å². The summed E-state index contributed by atoms with van der Waals surface area (Å²) in [6.07, 6.45) is 3.46. The highest BCUT2D eigenvalue weighted by Crippen LogP contribution is 2.18. The minimum atomic E-state index is -0.104. The van der Waals surface area contributed by atoms with Gasteiger partial charge in [0.2, 0.25) is 5.91 Å². The van der Waals surface area contributed by atoms with Gasteiger partial charge in [0, 0.05) is 17.1 Å². The largest absolute Gasteiger partial charge is 0.463 e. The Bertz CT molecular complexity index is 562. The average molecular weight is 288 g/mol. The van der Waals surface area contributed by atoms with Crippen LogP contribution in [0.5, 0.6) is 0 Å². The molecular weight excluding hydrogens is 272 g/mol. The zero-order valence-corrected chi connectivity index (χ0v) is 12.0. The molecule has 4 nitrogen and oxygen atoms in total. The number of carbonyl (C=O) groups excluding carboxylic acids is 1. The van der Waals surface area contributed by atoms with Gasteiger partial charge in [0.25, 0.3) is 0 Å². The van der Waals surface area contributed by atoms with Crippen molar-refractivity contribution in [3.05, 3.63) is 54.0 Å². The van der Waals surface area contributed by atoms with Crippen LogP contribution in [0.1, 0.15) is 17.7 Å². The summed E-state index contributed by atoms with van der Waals surface area (Å²) in [5.74, 6) is 1.23. The van der Waals surface area contributed by atoms with Crippen LogP contribution in [0, 0.1) is 6.92 Å². The minimum absolute atomic E-state index is 0.104. The third-order valence-corrected chi connectivity index (χ3v) is 3.56. The fourth-order valence-corrected chi connectivity index (χ4v) is 2.34. The molecule has 1 N–H and O–H groups in total. The van der Waals surface area contributed by atoms with Crippen molar-refractivity contribution in [2.45, 2.75) is 18.2 Å². The van der Waals surface area contributed by atoms with Crippen molar-refractivity contribution in [1.82, 2.24) is 5.43 Å².